The predicted octanol–water partition coefficient (Wildman–Crippen LogP) is 2.90. The molecule has 3 rings (SSSR count). The second-order valence-corrected chi connectivity index (χ2v) is 4.24. The van der Waals surface area contributed by atoms with Crippen LogP contribution in [0.25, 0.3) is 16.5 Å². The maximum atomic E-state index is 11.9. The summed E-state index contributed by atoms with van der Waals surface area (Å²) >= 11 is 0. The second kappa shape index (κ2) is 3.48. The van der Waals surface area contributed by atoms with E-state index in [4.69, 9.17) is 9.15 Å². The summed E-state index contributed by atoms with van der Waals surface area (Å²) in [5.74, 6) is 0.630. The van der Waals surface area contributed by atoms with Gasteiger partial charge in [0.05, 0.1) is 12.0 Å². The highest BCUT2D eigenvalue weighted by Gasteiger charge is 2.22. The Morgan fingerprint density at radius 2 is 2.18 bits per heavy atom. The summed E-state index contributed by atoms with van der Waals surface area (Å²) < 4.78 is 11.0. The molecule has 0 N–H and O–H groups in total. The van der Waals surface area contributed by atoms with Crippen molar-refractivity contribution in [3.8, 4) is 5.75 Å². The monoisotopic (exact) mass is 228 g/mol. The zero-order valence-corrected chi connectivity index (χ0v) is 9.58. The van der Waals surface area contributed by atoms with Gasteiger partial charge in [-0.3, -0.25) is 0 Å². The third kappa shape index (κ3) is 1.39. The summed E-state index contributed by atoms with van der Waals surface area (Å²) in [4.78, 5) is 11.9. The van der Waals surface area contributed by atoms with Crippen molar-refractivity contribution in [3.63, 3.8) is 0 Å². The van der Waals surface area contributed by atoms with E-state index < -0.39 is 0 Å². The third-order valence-electron chi connectivity index (χ3n) is 3.10. The Balaban J connectivity index is 2.52. The number of fused-ring (bicyclic) bond motifs is 3. The van der Waals surface area contributed by atoms with E-state index in [0.717, 1.165) is 16.5 Å². The zero-order valence-electron chi connectivity index (χ0n) is 9.58. The molecule has 3 heteroatoms. The maximum absolute atomic E-state index is 11.9. The first-order valence-electron chi connectivity index (χ1n) is 5.56. The molecule has 2 heterocycles. The Kier molecular flexibility index (Phi) is 2.08. The maximum Gasteiger partial charge on any atom is 0.347 e. The Morgan fingerprint density at radius 3 is 3.00 bits per heavy atom. The van der Waals surface area contributed by atoms with Gasteiger partial charge >= 0.3 is 5.63 Å². The highest BCUT2D eigenvalue weighted by atomic mass is 16.5. The number of hydrogen-bond donors (Lipinski definition) is 0. The van der Waals surface area contributed by atoms with Crippen LogP contribution in [0.15, 0.2) is 34.0 Å². The quantitative estimate of drug-likeness (QED) is 0.651. The van der Waals surface area contributed by atoms with E-state index in [-0.39, 0.29) is 5.63 Å². The molecule has 1 aromatic heterocycles. The molecule has 0 radical (unpaired) electrons. The molecule has 0 bridgehead atoms. The molecule has 0 fully saturated rings. The second-order valence-electron chi connectivity index (χ2n) is 4.24. The van der Waals surface area contributed by atoms with Crippen LogP contribution in [0.4, 0.5) is 0 Å². The van der Waals surface area contributed by atoms with E-state index in [1.54, 1.807) is 6.07 Å². The summed E-state index contributed by atoms with van der Waals surface area (Å²) in [6.45, 7) is 6.46. The summed E-state index contributed by atoms with van der Waals surface area (Å²) in [5, 5.41) is 0.878. The number of ether oxygens (including phenoxy) is 1. The van der Waals surface area contributed by atoms with Gasteiger partial charge in [0.25, 0.3) is 0 Å². The minimum absolute atomic E-state index is 0.359. The van der Waals surface area contributed by atoms with Crippen molar-refractivity contribution in [3.05, 3.63) is 46.3 Å². The molecule has 0 saturated heterocycles. The molecule has 1 aromatic carbocycles. The summed E-state index contributed by atoms with van der Waals surface area (Å²) in [7, 11) is 0. The molecular formula is C14H12O3. The molecule has 0 spiro atoms. The van der Waals surface area contributed by atoms with Crippen molar-refractivity contribution < 1.29 is 9.15 Å². The fraction of sp³-hybridized carbons (Fsp3) is 0.214. The summed E-state index contributed by atoms with van der Waals surface area (Å²) in [6, 6.07) is 5.62. The van der Waals surface area contributed by atoms with Crippen LogP contribution < -0.4 is 10.4 Å². The lowest BCUT2D eigenvalue weighted by Crippen LogP contribution is -2.16. The van der Waals surface area contributed by atoms with E-state index in [0.29, 0.717) is 29.9 Å². The van der Waals surface area contributed by atoms with Crippen molar-refractivity contribution in [2.75, 3.05) is 6.61 Å². The van der Waals surface area contributed by atoms with E-state index in [9.17, 15) is 4.79 Å². The average molecular weight is 228 g/mol. The molecule has 86 valence electrons. The molecule has 0 unspecified atom stereocenters. The van der Waals surface area contributed by atoms with Crippen molar-refractivity contribution in [2.24, 2.45) is 0 Å². The van der Waals surface area contributed by atoms with Crippen LogP contribution in [0.3, 0.4) is 0 Å². The van der Waals surface area contributed by atoms with Crippen LogP contribution >= 0.6 is 0 Å². The number of aryl methyl sites for hydroxylation is 1. The topological polar surface area (TPSA) is 39.4 Å². The van der Waals surface area contributed by atoms with Gasteiger partial charge in [-0.2, -0.15) is 0 Å². The Hall–Kier alpha value is -2.03. The smallest absolute Gasteiger partial charge is 0.347 e. The van der Waals surface area contributed by atoms with Crippen LogP contribution in [0.1, 0.15) is 17.5 Å². The van der Waals surface area contributed by atoms with Crippen molar-refractivity contribution in [1.82, 2.24) is 0 Å². The standard InChI is InChI=1S/C14H12O3/c1-8-4-3-5-10-11(8)13-12(14(15)17-10)9(2)6-7-16-13/h3-5H,2,6-7H2,1H3. The van der Waals surface area contributed by atoms with Crippen LogP contribution in [0.5, 0.6) is 5.75 Å². The van der Waals surface area contributed by atoms with Crippen molar-refractivity contribution in [1.29, 1.82) is 0 Å². The van der Waals surface area contributed by atoms with Gasteiger partial charge in [-0.15, -0.1) is 0 Å². The van der Waals surface area contributed by atoms with Crippen molar-refractivity contribution in [2.45, 2.75) is 13.3 Å². The molecule has 2 aromatic rings. The van der Waals surface area contributed by atoms with Crippen LogP contribution in [-0.2, 0) is 0 Å². The van der Waals surface area contributed by atoms with Gasteiger partial charge in [0.1, 0.15) is 16.9 Å². The molecule has 0 aliphatic carbocycles. The predicted molar refractivity (Wildman–Crippen MR) is 66.4 cm³/mol. The zero-order chi connectivity index (χ0) is 12.0. The highest BCUT2D eigenvalue weighted by Crippen LogP contribution is 2.36. The molecule has 17 heavy (non-hydrogen) atoms. The first kappa shape index (κ1) is 10.1. The molecule has 0 atom stereocenters. The fourth-order valence-electron chi connectivity index (χ4n) is 2.24. The van der Waals surface area contributed by atoms with E-state index in [1.165, 1.54) is 0 Å². The highest BCUT2D eigenvalue weighted by molar-refractivity contribution is 5.91. The number of benzene rings is 1. The first-order chi connectivity index (χ1) is 8.18. The molecule has 1 aliphatic rings. The van der Waals surface area contributed by atoms with Gasteiger partial charge in [0, 0.05) is 6.42 Å². The molecule has 0 amide bonds. The van der Waals surface area contributed by atoms with Crippen LogP contribution in [0, 0.1) is 6.92 Å². The molecule has 3 nitrogen and oxygen atoms in total. The minimum atomic E-state index is -0.359. The Bertz CT molecular complexity index is 680. The Morgan fingerprint density at radius 1 is 1.35 bits per heavy atom. The summed E-state index contributed by atoms with van der Waals surface area (Å²) in [5.41, 5.74) is 2.55. The molecule has 0 saturated carbocycles. The lowest BCUT2D eigenvalue weighted by atomic mass is 9.99. The molecular weight excluding hydrogens is 216 g/mol. The van der Waals surface area contributed by atoms with Gasteiger partial charge in [-0.1, -0.05) is 18.7 Å². The van der Waals surface area contributed by atoms with Crippen molar-refractivity contribution >= 4 is 16.5 Å². The van der Waals surface area contributed by atoms with E-state index in [2.05, 4.69) is 6.58 Å². The first-order valence-corrected chi connectivity index (χ1v) is 5.56. The SMILES string of the molecule is C=C1CCOc2c1c(=O)oc1cccc(C)c21. The average Bonchev–Trinajstić information content (AvgIpc) is 2.28. The summed E-state index contributed by atoms with van der Waals surface area (Å²) in [6.07, 6.45) is 0.676. The number of hydrogen-bond acceptors (Lipinski definition) is 3. The van der Waals surface area contributed by atoms with Gasteiger partial charge in [-0.25, -0.2) is 4.79 Å². The number of rotatable bonds is 0. The van der Waals surface area contributed by atoms with Crippen LogP contribution in [0.2, 0.25) is 0 Å². The lowest BCUT2D eigenvalue weighted by Gasteiger charge is -2.20. The van der Waals surface area contributed by atoms with Gasteiger partial charge in [-0.05, 0) is 24.1 Å². The van der Waals surface area contributed by atoms with Gasteiger partial charge in [0.2, 0.25) is 0 Å². The van der Waals surface area contributed by atoms with Gasteiger partial charge < -0.3 is 9.15 Å². The van der Waals surface area contributed by atoms with E-state index in [1.807, 2.05) is 19.1 Å². The largest absolute Gasteiger partial charge is 0.492 e. The lowest BCUT2D eigenvalue weighted by molar-refractivity contribution is 0.316. The fourth-order valence-corrected chi connectivity index (χ4v) is 2.24. The Labute approximate surface area is 98.3 Å². The van der Waals surface area contributed by atoms with E-state index >= 15 is 0 Å². The minimum Gasteiger partial charge on any atom is -0.492 e. The third-order valence-corrected chi connectivity index (χ3v) is 3.10. The molecule has 1 aliphatic heterocycles. The van der Waals surface area contributed by atoms with Crippen LogP contribution in [-0.4, -0.2) is 6.61 Å². The van der Waals surface area contributed by atoms with Gasteiger partial charge in [0.15, 0.2) is 0 Å². The normalized spacial score (nSPS) is 14.5.